The first-order valence-electron chi connectivity index (χ1n) is 1.96. The fraction of sp³-hybridized carbons (Fsp3) is 0.500. The largest absolute Gasteiger partial charge is 0.475 e. The van der Waals surface area contributed by atoms with Crippen molar-refractivity contribution < 1.29 is 24.0 Å². The Morgan fingerprint density at radius 3 is 2.00 bits per heavy atom. The molecule has 0 aliphatic rings. The lowest BCUT2D eigenvalue weighted by molar-refractivity contribution is -0.486. The van der Waals surface area contributed by atoms with Crippen LogP contribution in [0.1, 0.15) is 0 Å². The zero-order valence-electron chi connectivity index (χ0n) is 4.46. The second-order valence-corrected chi connectivity index (χ2v) is 2.34. The zero-order valence-corrected chi connectivity index (χ0v) is 5.35. The number of hydrogen-bond acceptors (Lipinski definition) is 5. The van der Waals surface area contributed by atoms with Crippen molar-refractivity contribution in [3.8, 4) is 0 Å². The van der Waals surface area contributed by atoms with Gasteiger partial charge in [0.05, 0.1) is 4.92 Å². The summed E-state index contributed by atoms with van der Waals surface area (Å²) in [6.45, 7) is 0. The van der Waals surface area contributed by atoms with E-state index in [1.807, 2.05) is 0 Å². The number of aliphatic carboxylic acids is 1. The van der Waals surface area contributed by atoms with Gasteiger partial charge in [-0.05, 0) is 0 Å². The maximum Gasteiger partial charge on any atom is 0.412 e. The molecule has 0 heterocycles. The zero-order chi connectivity index (χ0) is 8.31. The van der Waals surface area contributed by atoms with Gasteiger partial charge in [-0.3, -0.25) is 10.1 Å². The Morgan fingerprint density at radius 2 is 2.00 bits per heavy atom. The number of carboxylic acids is 1. The van der Waals surface area contributed by atoms with E-state index in [-0.39, 0.29) is 0 Å². The van der Waals surface area contributed by atoms with Crippen LogP contribution in [0.5, 0.6) is 0 Å². The van der Waals surface area contributed by atoms with Crippen LogP contribution in [0.4, 0.5) is 0 Å². The van der Waals surface area contributed by atoms with Crippen LogP contribution in [0, 0.1) is 10.1 Å². The van der Waals surface area contributed by atoms with Gasteiger partial charge < -0.3 is 5.11 Å². The predicted molar refractivity (Wildman–Crippen MR) is 26.7 cm³/mol. The highest BCUT2D eigenvalue weighted by atomic mass is 31.1. The molecule has 1 atom stereocenters. The second-order valence-electron chi connectivity index (χ2n) is 1.28. The third-order valence-electron chi connectivity index (χ3n) is 0.620. The van der Waals surface area contributed by atoms with E-state index >= 15 is 0 Å². The van der Waals surface area contributed by atoms with E-state index < -0.39 is 24.4 Å². The average molecular weight is 167 g/mol. The molecule has 1 unspecified atom stereocenters. The van der Waals surface area contributed by atoms with Crippen LogP contribution in [-0.2, 0) is 13.9 Å². The summed E-state index contributed by atoms with van der Waals surface area (Å²) in [5, 5.41) is 17.5. The van der Waals surface area contributed by atoms with Crippen molar-refractivity contribution in [3.63, 3.8) is 0 Å². The summed E-state index contributed by atoms with van der Waals surface area (Å²) in [5.41, 5.74) is 0. The summed E-state index contributed by atoms with van der Waals surface area (Å²) < 4.78 is 19.6. The van der Waals surface area contributed by atoms with Gasteiger partial charge in [-0.15, -0.1) is 0 Å². The highest BCUT2D eigenvalue weighted by Crippen LogP contribution is 2.14. The standard InChI is InChI=1S/C2H2NO6P/c4-2(5)1(3(6)7)10(8)9/h1H,(H,4,5). The summed E-state index contributed by atoms with van der Waals surface area (Å²) >= 11 is 0. The van der Waals surface area contributed by atoms with E-state index in [0.717, 1.165) is 0 Å². The molecular formula is C2H2NO6P. The molecule has 0 aliphatic heterocycles. The number of nitro groups is 1. The molecule has 0 aliphatic carbocycles. The molecule has 8 heteroatoms. The normalized spacial score (nSPS) is 12.0. The van der Waals surface area contributed by atoms with Gasteiger partial charge in [-0.1, -0.05) is 0 Å². The molecule has 0 bridgehead atoms. The minimum Gasteiger partial charge on any atom is -0.475 e. The molecule has 10 heavy (non-hydrogen) atoms. The SMILES string of the molecule is O=C(O)C([N+](=O)[O-])P(=O)=O. The van der Waals surface area contributed by atoms with Crippen molar-refractivity contribution in [2.45, 2.75) is 5.78 Å². The maximum absolute atomic E-state index is 9.80. The third-order valence-corrected chi connectivity index (χ3v) is 1.43. The van der Waals surface area contributed by atoms with Crippen molar-refractivity contribution in [1.82, 2.24) is 0 Å². The van der Waals surface area contributed by atoms with Crippen molar-refractivity contribution in [3.05, 3.63) is 10.1 Å². The summed E-state index contributed by atoms with van der Waals surface area (Å²) in [5.74, 6) is -4.49. The second kappa shape index (κ2) is 3.07. The van der Waals surface area contributed by atoms with Gasteiger partial charge in [0, 0.05) is 0 Å². The van der Waals surface area contributed by atoms with Crippen LogP contribution >= 0.6 is 7.68 Å². The van der Waals surface area contributed by atoms with E-state index in [2.05, 4.69) is 0 Å². The van der Waals surface area contributed by atoms with Crippen molar-refractivity contribution in [2.75, 3.05) is 0 Å². The van der Waals surface area contributed by atoms with Gasteiger partial charge in [0.2, 0.25) is 0 Å². The van der Waals surface area contributed by atoms with Gasteiger partial charge in [0.15, 0.2) is 0 Å². The first-order valence-corrected chi connectivity index (χ1v) is 3.21. The fourth-order valence-electron chi connectivity index (χ4n) is 0.257. The summed E-state index contributed by atoms with van der Waals surface area (Å²) in [6, 6.07) is 0. The predicted octanol–water partition coefficient (Wildman–Crippen LogP) is -0.153. The molecule has 0 aromatic heterocycles. The fourth-order valence-corrected chi connectivity index (χ4v) is 0.592. The lowest BCUT2D eigenvalue weighted by Gasteiger charge is -1.90. The number of carboxylic acid groups (broad SMARTS) is 1. The number of carbonyl (C=O) groups is 1. The molecule has 0 aromatic rings. The number of hydrogen-bond donors (Lipinski definition) is 1. The molecule has 0 aromatic carbocycles. The van der Waals surface area contributed by atoms with Gasteiger partial charge in [0.25, 0.3) is 0 Å². The number of rotatable bonds is 3. The lowest BCUT2D eigenvalue weighted by Crippen LogP contribution is -2.23. The van der Waals surface area contributed by atoms with E-state index in [9.17, 15) is 24.0 Å². The smallest absolute Gasteiger partial charge is 0.412 e. The molecule has 56 valence electrons. The molecule has 0 fully saturated rings. The van der Waals surface area contributed by atoms with Gasteiger partial charge >= 0.3 is 19.4 Å². The van der Waals surface area contributed by atoms with Crippen LogP contribution in [-0.4, -0.2) is 21.8 Å². The van der Waals surface area contributed by atoms with Crippen molar-refractivity contribution >= 4 is 13.6 Å². The summed E-state index contributed by atoms with van der Waals surface area (Å²) in [4.78, 5) is 18.0. The Bertz CT molecular complexity index is 208. The maximum atomic E-state index is 9.80. The molecule has 0 radical (unpaired) electrons. The van der Waals surface area contributed by atoms with Gasteiger partial charge in [-0.25, -0.2) is 13.9 Å². The van der Waals surface area contributed by atoms with Crippen LogP contribution in [0.2, 0.25) is 0 Å². The van der Waals surface area contributed by atoms with E-state index in [1.54, 1.807) is 0 Å². The molecule has 0 rings (SSSR count). The summed E-state index contributed by atoms with van der Waals surface area (Å²) in [6.07, 6.45) is 0. The highest BCUT2D eigenvalue weighted by Gasteiger charge is 2.35. The van der Waals surface area contributed by atoms with Crippen LogP contribution < -0.4 is 0 Å². The van der Waals surface area contributed by atoms with E-state index in [1.165, 1.54) is 0 Å². The molecule has 0 saturated carbocycles. The van der Waals surface area contributed by atoms with Gasteiger partial charge in [0.1, 0.15) is 0 Å². The molecule has 1 N–H and O–H groups in total. The first kappa shape index (κ1) is 8.77. The minimum atomic E-state index is -3.54. The third kappa shape index (κ3) is 1.94. The Hall–Kier alpha value is -1.23. The topological polar surface area (TPSA) is 115 Å². The monoisotopic (exact) mass is 167 g/mol. The minimum absolute atomic E-state index is 1.38. The Kier molecular flexibility index (Phi) is 2.69. The molecule has 7 nitrogen and oxygen atoms in total. The highest BCUT2D eigenvalue weighted by molar-refractivity contribution is 7.32. The Labute approximate surface area is 54.6 Å². The average Bonchev–Trinajstić information content (AvgIpc) is 1.59. The van der Waals surface area contributed by atoms with Crippen LogP contribution in [0.25, 0.3) is 0 Å². The Morgan fingerprint density at radius 1 is 1.60 bits per heavy atom. The summed E-state index contributed by atoms with van der Waals surface area (Å²) in [7, 11) is -3.54. The molecular weight excluding hydrogens is 165 g/mol. The quantitative estimate of drug-likeness (QED) is 0.355. The van der Waals surface area contributed by atoms with Crippen LogP contribution in [0.3, 0.4) is 0 Å². The molecule has 0 amide bonds. The lowest BCUT2D eigenvalue weighted by atomic mass is 10.7. The van der Waals surface area contributed by atoms with E-state index in [0.29, 0.717) is 0 Å². The number of nitrogens with zero attached hydrogens (tertiary/aromatic N) is 1. The Balaban J connectivity index is 4.59. The van der Waals surface area contributed by atoms with Crippen LogP contribution in [0.15, 0.2) is 0 Å². The van der Waals surface area contributed by atoms with Crippen molar-refractivity contribution in [2.24, 2.45) is 0 Å². The van der Waals surface area contributed by atoms with Crippen molar-refractivity contribution in [1.29, 1.82) is 0 Å². The first-order chi connectivity index (χ1) is 4.46. The molecule has 0 spiro atoms. The molecule has 0 saturated heterocycles. The van der Waals surface area contributed by atoms with E-state index in [4.69, 9.17) is 5.11 Å². The van der Waals surface area contributed by atoms with Gasteiger partial charge in [-0.2, -0.15) is 0 Å².